The zero-order valence-corrected chi connectivity index (χ0v) is 9.72. The molecule has 0 aromatic heterocycles. The highest BCUT2D eigenvalue weighted by Crippen LogP contribution is 2.30. The van der Waals surface area contributed by atoms with E-state index < -0.39 is 0 Å². The van der Waals surface area contributed by atoms with Crippen LogP contribution in [0.3, 0.4) is 0 Å². The van der Waals surface area contributed by atoms with Crippen LogP contribution in [0.1, 0.15) is 33.3 Å². The van der Waals surface area contributed by atoms with Crippen LogP contribution in [0.2, 0.25) is 0 Å². The Morgan fingerprint density at radius 1 is 1.33 bits per heavy atom. The van der Waals surface area contributed by atoms with Gasteiger partial charge in [0.2, 0.25) is 5.91 Å². The molecule has 0 saturated carbocycles. The summed E-state index contributed by atoms with van der Waals surface area (Å²) in [6, 6.07) is 5.61. The molecule has 0 heterocycles. The molecule has 15 heavy (non-hydrogen) atoms. The van der Waals surface area contributed by atoms with E-state index in [4.69, 9.17) is 5.73 Å². The molecule has 82 valence electrons. The second kappa shape index (κ2) is 3.93. The summed E-state index contributed by atoms with van der Waals surface area (Å²) in [6.07, 6.45) is 0. The second-order valence-electron chi connectivity index (χ2n) is 4.74. The average molecular weight is 206 g/mol. The highest BCUT2D eigenvalue weighted by molar-refractivity contribution is 5.90. The normalized spacial score (nSPS) is 11.2. The largest absolute Gasteiger partial charge is 0.399 e. The second-order valence-corrected chi connectivity index (χ2v) is 4.74. The molecule has 0 aliphatic carbocycles. The number of nitrogen functional groups attached to an aromatic ring is 1. The summed E-state index contributed by atoms with van der Waals surface area (Å²) in [4.78, 5) is 11.1. The first kappa shape index (κ1) is 11.6. The molecular weight excluding hydrogens is 188 g/mol. The molecule has 0 saturated heterocycles. The van der Waals surface area contributed by atoms with Gasteiger partial charge in [0, 0.05) is 18.3 Å². The summed E-state index contributed by atoms with van der Waals surface area (Å²) in [5.74, 6) is -0.0777. The monoisotopic (exact) mass is 206 g/mol. The highest BCUT2D eigenvalue weighted by atomic mass is 16.1. The molecule has 0 aliphatic rings. The molecule has 0 spiro atoms. The van der Waals surface area contributed by atoms with Gasteiger partial charge in [-0.05, 0) is 23.1 Å². The maximum absolute atomic E-state index is 11.1. The van der Waals surface area contributed by atoms with Crippen molar-refractivity contribution < 1.29 is 4.79 Å². The molecule has 3 nitrogen and oxygen atoms in total. The molecule has 0 aliphatic heterocycles. The minimum Gasteiger partial charge on any atom is -0.399 e. The van der Waals surface area contributed by atoms with Gasteiger partial charge in [0.1, 0.15) is 0 Å². The number of amides is 1. The first-order valence-electron chi connectivity index (χ1n) is 4.98. The highest BCUT2D eigenvalue weighted by Gasteiger charge is 2.18. The lowest BCUT2D eigenvalue weighted by atomic mass is 9.85. The molecule has 1 aromatic rings. The molecule has 0 atom stereocenters. The van der Waals surface area contributed by atoms with Gasteiger partial charge in [-0.2, -0.15) is 0 Å². The number of hydrogen-bond donors (Lipinski definition) is 2. The molecule has 0 unspecified atom stereocenters. The van der Waals surface area contributed by atoms with Crippen LogP contribution in [0.15, 0.2) is 18.2 Å². The standard InChI is InChI=1S/C12H18N2O/c1-8(15)14-11-7-9(13)5-6-10(11)12(2,3)4/h5-7H,13H2,1-4H3,(H,14,15). The number of anilines is 2. The van der Waals surface area contributed by atoms with Gasteiger partial charge in [-0.1, -0.05) is 26.8 Å². The van der Waals surface area contributed by atoms with Crippen molar-refractivity contribution >= 4 is 17.3 Å². The van der Waals surface area contributed by atoms with E-state index in [0.717, 1.165) is 11.3 Å². The molecule has 1 rings (SSSR count). The molecule has 3 heteroatoms. The molecule has 3 N–H and O–H groups in total. The van der Waals surface area contributed by atoms with Gasteiger partial charge in [0.25, 0.3) is 0 Å². The fourth-order valence-corrected chi connectivity index (χ4v) is 1.51. The molecular formula is C12H18N2O. The number of nitrogens with one attached hydrogen (secondary N) is 1. The Bertz CT molecular complexity index is 378. The first-order chi connectivity index (χ1) is 6.80. The van der Waals surface area contributed by atoms with Crippen molar-refractivity contribution in [1.82, 2.24) is 0 Å². The lowest BCUT2D eigenvalue weighted by molar-refractivity contribution is -0.114. The van der Waals surface area contributed by atoms with E-state index in [1.807, 2.05) is 12.1 Å². The lowest BCUT2D eigenvalue weighted by Crippen LogP contribution is -2.17. The van der Waals surface area contributed by atoms with Crippen molar-refractivity contribution in [3.05, 3.63) is 23.8 Å². The minimum atomic E-state index is -0.0777. The summed E-state index contributed by atoms with van der Waals surface area (Å²) in [6.45, 7) is 7.80. The first-order valence-corrected chi connectivity index (χ1v) is 4.98. The lowest BCUT2D eigenvalue weighted by Gasteiger charge is -2.23. The fourth-order valence-electron chi connectivity index (χ4n) is 1.51. The number of nitrogens with two attached hydrogens (primary N) is 1. The van der Waals surface area contributed by atoms with E-state index in [9.17, 15) is 4.79 Å². The predicted molar refractivity (Wildman–Crippen MR) is 63.9 cm³/mol. The third kappa shape index (κ3) is 2.98. The van der Waals surface area contributed by atoms with Crippen molar-refractivity contribution in [3.8, 4) is 0 Å². The van der Waals surface area contributed by atoms with Crippen LogP contribution in [0.5, 0.6) is 0 Å². The zero-order chi connectivity index (χ0) is 11.6. The third-order valence-electron chi connectivity index (χ3n) is 2.16. The SMILES string of the molecule is CC(=O)Nc1cc(N)ccc1C(C)(C)C. The number of rotatable bonds is 1. The van der Waals surface area contributed by atoms with Crippen LogP contribution in [0.4, 0.5) is 11.4 Å². The van der Waals surface area contributed by atoms with Crippen molar-refractivity contribution in [2.24, 2.45) is 0 Å². The van der Waals surface area contributed by atoms with Crippen LogP contribution < -0.4 is 11.1 Å². The van der Waals surface area contributed by atoms with Crippen molar-refractivity contribution in [1.29, 1.82) is 0 Å². The van der Waals surface area contributed by atoms with Crippen LogP contribution >= 0.6 is 0 Å². The van der Waals surface area contributed by atoms with Crippen LogP contribution in [-0.2, 0) is 10.2 Å². The smallest absolute Gasteiger partial charge is 0.221 e. The van der Waals surface area contributed by atoms with E-state index in [0.29, 0.717) is 5.69 Å². The van der Waals surface area contributed by atoms with Gasteiger partial charge < -0.3 is 11.1 Å². The van der Waals surface area contributed by atoms with Crippen LogP contribution in [0.25, 0.3) is 0 Å². The van der Waals surface area contributed by atoms with Crippen molar-refractivity contribution in [2.45, 2.75) is 33.1 Å². The number of carbonyl (C=O) groups is 1. The van der Waals surface area contributed by atoms with Gasteiger partial charge in [-0.3, -0.25) is 4.79 Å². The summed E-state index contributed by atoms with van der Waals surface area (Å²) in [5, 5.41) is 2.80. The van der Waals surface area contributed by atoms with Crippen LogP contribution in [-0.4, -0.2) is 5.91 Å². The molecule has 0 bridgehead atoms. The predicted octanol–water partition coefficient (Wildman–Crippen LogP) is 2.52. The maximum atomic E-state index is 11.1. The van der Waals surface area contributed by atoms with Gasteiger partial charge in [-0.25, -0.2) is 0 Å². The maximum Gasteiger partial charge on any atom is 0.221 e. The summed E-state index contributed by atoms with van der Waals surface area (Å²) in [5.41, 5.74) is 8.24. The summed E-state index contributed by atoms with van der Waals surface area (Å²) >= 11 is 0. The Balaban J connectivity index is 3.20. The Morgan fingerprint density at radius 2 is 1.93 bits per heavy atom. The molecule has 1 aromatic carbocycles. The van der Waals surface area contributed by atoms with Crippen molar-refractivity contribution in [3.63, 3.8) is 0 Å². The van der Waals surface area contributed by atoms with E-state index in [1.54, 1.807) is 6.07 Å². The molecule has 0 fully saturated rings. The van der Waals surface area contributed by atoms with Crippen molar-refractivity contribution in [2.75, 3.05) is 11.1 Å². The number of carbonyl (C=O) groups excluding carboxylic acids is 1. The Labute approximate surface area is 90.7 Å². The Morgan fingerprint density at radius 3 is 2.40 bits per heavy atom. The topological polar surface area (TPSA) is 55.1 Å². The van der Waals surface area contributed by atoms with Gasteiger partial charge in [-0.15, -0.1) is 0 Å². The minimum absolute atomic E-state index is 0.00845. The van der Waals surface area contributed by atoms with E-state index in [2.05, 4.69) is 26.1 Å². The Kier molecular flexibility index (Phi) is 3.03. The summed E-state index contributed by atoms with van der Waals surface area (Å²) < 4.78 is 0. The van der Waals surface area contributed by atoms with E-state index in [-0.39, 0.29) is 11.3 Å². The van der Waals surface area contributed by atoms with Gasteiger partial charge in [0.15, 0.2) is 0 Å². The van der Waals surface area contributed by atoms with Gasteiger partial charge >= 0.3 is 0 Å². The van der Waals surface area contributed by atoms with Gasteiger partial charge in [0.05, 0.1) is 0 Å². The summed E-state index contributed by atoms with van der Waals surface area (Å²) in [7, 11) is 0. The third-order valence-corrected chi connectivity index (χ3v) is 2.16. The quantitative estimate of drug-likeness (QED) is 0.694. The zero-order valence-electron chi connectivity index (χ0n) is 9.72. The van der Waals surface area contributed by atoms with E-state index >= 15 is 0 Å². The number of benzene rings is 1. The molecule has 1 amide bonds. The fraction of sp³-hybridized carbons (Fsp3) is 0.417. The van der Waals surface area contributed by atoms with E-state index in [1.165, 1.54) is 6.92 Å². The molecule has 0 radical (unpaired) electrons. The number of hydrogen-bond acceptors (Lipinski definition) is 2. The van der Waals surface area contributed by atoms with Crippen LogP contribution in [0, 0.1) is 0 Å². The Hall–Kier alpha value is -1.51. The average Bonchev–Trinajstić information content (AvgIpc) is 1.99.